The van der Waals surface area contributed by atoms with Crippen molar-refractivity contribution >= 4 is 22.5 Å². The third-order valence-corrected chi connectivity index (χ3v) is 10.8. The maximum atomic E-state index is 13.9. The summed E-state index contributed by atoms with van der Waals surface area (Å²) in [7, 11) is 0. The first-order chi connectivity index (χ1) is 22.2. The topological polar surface area (TPSA) is 118 Å². The molecule has 4 aromatic rings. The lowest BCUT2D eigenvalue weighted by atomic mass is 9.45. The minimum atomic E-state index is -0.287. The molecule has 11 nitrogen and oxygen atoms in total. The number of aryl methyl sites for hydroxylation is 1. The molecule has 242 valence electrons. The number of nitrogens with zero attached hydrogens (tertiary/aromatic N) is 8. The molecule has 0 amide bonds. The van der Waals surface area contributed by atoms with E-state index < -0.39 is 0 Å². The molecule has 2 aromatic heterocycles. The van der Waals surface area contributed by atoms with Gasteiger partial charge in [0, 0.05) is 37.9 Å². The summed E-state index contributed by atoms with van der Waals surface area (Å²) in [6.07, 6.45) is 4.50. The molecule has 4 aliphatic rings. The second kappa shape index (κ2) is 12.2. The summed E-state index contributed by atoms with van der Waals surface area (Å²) in [6, 6.07) is 12.7. The van der Waals surface area contributed by atoms with Crippen LogP contribution in [0.5, 0.6) is 0 Å². The summed E-state index contributed by atoms with van der Waals surface area (Å²) in [5.74, 6) is 3.11. The SMILES string of the molecule is C[C@@H]1[C@@H](N=C(Nc2ccc3c(=O)n(CCc4ccc(F)cc4)c(Cn4cnnn4)nc3c2)N2CCN[C@@H](C)C2)C[C@H]2C[C@@H]1C2(C)C. The number of piperazine rings is 1. The molecule has 1 saturated heterocycles. The van der Waals surface area contributed by atoms with E-state index in [1.165, 1.54) is 24.9 Å². The average Bonchev–Trinajstić information content (AvgIpc) is 3.55. The van der Waals surface area contributed by atoms with Gasteiger partial charge < -0.3 is 15.5 Å². The molecule has 0 radical (unpaired) electrons. The Balaban J connectivity index is 1.21. The summed E-state index contributed by atoms with van der Waals surface area (Å²) in [6.45, 7) is 12.7. The Bertz CT molecular complexity index is 1780. The molecule has 8 rings (SSSR count). The number of hydrogen-bond donors (Lipinski definition) is 2. The summed E-state index contributed by atoms with van der Waals surface area (Å²) in [4.78, 5) is 26.6. The smallest absolute Gasteiger partial charge is 0.261 e. The summed E-state index contributed by atoms with van der Waals surface area (Å²) < 4.78 is 16.7. The van der Waals surface area contributed by atoms with Crippen molar-refractivity contribution in [1.29, 1.82) is 0 Å². The Morgan fingerprint density at radius 1 is 1.15 bits per heavy atom. The third kappa shape index (κ3) is 5.90. The van der Waals surface area contributed by atoms with Crippen molar-refractivity contribution in [3.05, 3.63) is 76.4 Å². The van der Waals surface area contributed by atoms with Crippen molar-refractivity contribution in [2.75, 3.05) is 25.0 Å². The number of halogens is 1. The van der Waals surface area contributed by atoms with Gasteiger partial charge >= 0.3 is 0 Å². The van der Waals surface area contributed by atoms with E-state index in [9.17, 15) is 9.18 Å². The van der Waals surface area contributed by atoms with Gasteiger partial charge in [0.25, 0.3) is 5.56 Å². The maximum absolute atomic E-state index is 13.9. The Labute approximate surface area is 268 Å². The van der Waals surface area contributed by atoms with Crippen LogP contribution in [0.4, 0.5) is 10.1 Å². The number of hydrogen-bond acceptors (Lipinski definition) is 7. The van der Waals surface area contributed by atoms with Gasteiger partial charge in [-0.3, -0.25) is 9.36 Å². The maximum Gasteiger partial charge on any atom is 0.261 e. The van der Waals surface area contributed by atoms with Gasteiger partial charge in [0.05, 0.1) is 16.9 Å². The average molecular weight is 627 g/mol. The highest BCUT2D eigenvalue weighted by Gasteiger charge is 2.56. The lowest BCUT2D eigenvalue weighted by Crippen LogP contribution is -2.57. The Morgan fingerprint density at radius 2 is 1.98 bits per heavy atom. The molecule has 0 unspecified atom stereocenters. The van der Waals surface area contributed by atoms with Crippen molar-refractivity contribution < 1.29 is 4.39 Å². The van der Waals surface area contributed by atoms with Crippen LogP contribution in [0.2, 0.25) is 0 Å². The van der Waals surface area contributed by atoms with Crippen molar-refractivity contribution in [3.8, 4) is 0 Å². The number of nitrogens with one attached hydrogen (secondary N) is 2. The van der Waals surface area contributed by atoms with Crippen LogP contribution in [0.15, 0.2) is 58.6 Å². The molecule has 1 aliphatic heterocycles. The van der Waals surface area contributed by atoms with Crippen LogP contribution in [0.1, 0.15) is 51.9 Å². The monoisotopic (exact) mass is 626 g/mol. The van der Waals surface area contributed by atoms with Crippen molar-refractivity contribution in [2.24, 2.45) is 28.2 Å². The molecular weight excluding hydrogens is 583 g/mol. The number of fused-ring (bicyclic) bond motifs is 3. The zero-order valence-corrected chi connectivity index (χ0v) is 27.0. The lowest BCUT2D eigenvalue weighted by Gasteiger charge is -2.61. The van der Waals surface area contributed by atoms with Crippen molar-refractivity contribution in [1.82, 2.24) is 40.0 Å². The standard InChI is InChI=1S/C34H43FN10O/c1-21-18-43(14-12-36-21)33(40-29-16-24-15-28(22(29)2)34(24,3)4)38-26-9-10-27-30(17-26)39-31(19-44-20-37-41-42-44)45(32(27)46)13-11-23-5-7-25(35)8-6-23/h5-10,17,20-22,24,28-29,36H,11-16,18-19H2,1-4H3,(H,38,40)/t21-,22-,24+,28-,29-/m0/s1. The molecular formula is C34H43FN10O. The summed E-state index contributed by atoms with van der Waals surface area (Å²) in [5.41, 5.74) is 2.64. The van der Waals surface area contributed by atoms with Gasteiger partial charge in [0.1, 0.15) is 24.5 Å². The number of aliphatic imine (C=N–C) groups is 1. The van der Waals surface area contributed by atoms with Gasteiger partial charge in [0.15, 0.2) is 5.96 Å². The number of rotatable bonds is 7. The summed E-state index contributed by atoms with van der Waals surface area (Å²) in [5, 5.41) is 19.2. The second-order valence-electron chi connectivity index (χ2n) is 14.0. The fraction of sp³-hybridized carbons (Fsp3) is 0.529. The molecule has 3 aliphatic carbocycles. The minimum absolute atomic E-state index is 0.135. The van der Waals surface area contributed by atoms with Crippen LogP contribution < -0.4 is 16.2 Å². The van der Waals surface area contributed by atoms with E-state index in [2.05, 4.69) is 58.8 Å². The van der Waals surface area contributed by atoms with Gasteiger partial charge in [0.2, 0.25) is 0 Å². The van der Waals surface area contributed by atoms with Crippen LogP contribution in [-0.4, -0.2) is 72.3 Å². The highest BCUT2D eigenvalue weighted by atomic mass is 19.1. The van der Waals surface area contributed by atoms with E-state index in [4.69, 9.17) is 9.98 Å². The first kappa shape index (κ1) is 30.5. The minimum Gasteiger partial charge on any atom is -0.340 e. The molecule has 2 N–H and O–H groups in total. The Hall–Kier alpha value is -4.19. The predicted octanol–water partition coefficient (Wildman–Crippen LogP) is 3.95. The predicted molar refractivity (Wildman–Crippen MR) is 176 cm³/mol. The highest BCUT2D eigenvalue weighted by molar-refractivity contribution is 5.96. The van der Waals surface area contributed by atoms with Gasteiger partial charge in [-0.2, -0.15) is 0 Å². The molecule has 2 bridgehead atoms. The Kier molecular flexibility index (Phi) is 8.08. The first-order valence-electron chi connectivity index (χ1n) is 16.5. The van der Waals surface area contributed by atoms with Gasteiger partial charge in [-0.1, -0.05) is 32.9 Å². The number of anilines is 1. The van der Waals surface area contributed by atoms with Crippen LogP contribution in [0, 0.1) is 29.0 Å². The van der Waals surface area contributed by atoms with Gasteiger partial charge in [-0.15, -0.1) is 5.10 Å². The Morgan fingerprint density at radius 3 is 2.70 bits per heavy atom. The quantitative estimate of drug-likeness (QED) is 0.234. The zero-order chi connectivity index (χ0) is 32.0. The van der Waals surface area contributed by atoms with E-state index >= 15 is 0 Å². The molecule has 3 heterocycles. The van der Waals surface area contributed by atoms with Crippen LogP contribution in [-0.2, 0) is 19.5 Å². The van der Waals surface area contributed by atoms with Crippen molar-refractivity contribution in [2.45, 2.75) is 72.1 Å². The van der Waals surface area contributed by atoms with E-state index in [0.717, 1.165) is 49.2 Å². The van der Waals surface area contributed by atoms with E-state index in [1.807, 2.05) is 18.2 Å². The zero-order valence-electron chi connectivity index (χ0n) is 27.0. The number of benzene rings is 2. The van der Waals surface area contributed by atoms with Crippen LogP contribution in [0.3, 0.4) is 0 Å². The molecule has 3 saturated carbocycles. The van der Waals surface area contributed by atoms with E-state index in [0.29, 0.717) is 53.0 Å². The fourth-order valence-electron chi connectivity index (χ4n) is 7.88. The second-order valence-corrected chi connectivity index (χ2v) is 14.0. The number of guanidine groups is 1. The lowest BCUT2D eigenvalue weighted by molar-refractivity contribution is -0.108. The molecule has 46 heavy (non-hydrogen) atoms. The number of aromatic nitrogens is 6. The number of tetrazole rings is 1. The van der Waals surface area contributed by atoms with Gasteiger partial charge in [-0.25, -0.2) is 19.0 Å². The molecule has 12 heteroatoms. The molecule has 4 fully saturated rings. The van der Waals surface area contributed by atoms with Crippen molar-refractivity contribution in [3.63, 3.8) is 0 Å². The van der Waals surface area contributed by atoms with Crippen LogP contribution in [0.25, 0.3) is 10.9 Å². The third-order valence-electron chi connectivity index (χ3n) is 10.8. The molecule has 2 aromatic carbocycles. The van der Waals surface area contributed by atoms with Gasteiger partial charge in [-0.05, 0) is 95.7 Å². The summed E-state index contributed by atoms with van der Waals surface area (Å²) >= 11 is 0. The van der Waals surface area contributed by atoms with E-state index in [1.54, 1.807) is 21.4 Å². The normalized spacial score (nSPS) is 25.8. The van der Waals surface area contributed by atoms with Crippen LogP contribution >= 0.6 is 0 Å². The first-order valence-corrected chi connectivity index (χ1v) is 16.5. The van der Waals surface area contributed by atoms with E-state index in [-0.39, 0.29) is 24.0 Å². The largest absolute Gasteiger partial charge is 0.340 e. The fourth-order valence-corrected chi connectivity index (χ4v) is 7.88. The molecule has 0 spiro atoms. The molecule has 5 atom stereocenters. The highest BCUT2D eigenvalue weighted by Crippen LogP contribution is 2.61.